The van der Waals surface area contributed by atoms with Crippen LogP contribution in [0.2, 0.25) is 0 Å². The summed E-state index contributed by atoms with van der Waals surface area (Å²) >= 11 is 0. The van der Waals surface area contributed by atoms with Crippen LogP contribution in [0.25, 0.3) is 0 Å². The summed E-state index contributed by atoms with van der Waals surface area (Å²) in [5, 5.41) is 21.5. The van der Waals surface area contributed by atoms with Gasteiger partial charge in [0.05, 0.1) is 0 Å². The van der Waals surface area contributed by atoms with Crippen molar-refractivity contribution in [3.05, 3.63) is 0 Å². The first-order valence-electron chi connectivity index (χ1n) is 0.775. The second-order valence-corrected chi connectivity index (χ2v) is 0.346. The third kappa shape index (κ3) is 56.3. The van der Waals surface area contributed by atoms with Crippen LogP contribution in [0.15, 0.2) is 0 Å². The molecule has 5 heteroatoms. The van der Waals surface area contributed by atoms with Crippen molar-refractivity contribution in [2.75, 3.05) is 0 Å². The van der Waals surface area contributed by atoms with Crippen LogP contribution in [0.3, 0.4) is 0 Å². The van der Waals surface area contributed by atoms with Gasteiger partial charge < -0.3 is 15.1 Å². The Hall–Kier alpha value is 0.828. The summed E-state index contributed by atoms with van der Waals surface area (Å²) in [6, 6.07) is 0. The smallest absolute Gasteiger partial charge is 0.402 e. The first kappa shape index (κ1) is 9.27. The van der Waals surface area contributed by atoms with Crippen molar-refractivity contribution < 1.29 is 15.1 Å². The van der Waals surface area contributed by atoms with E-state index >= 15 is 0 Å². The van der Waals surface area contributed by atoms with Crippen molar-refractivity contribution in [1.82, 2.24) is 0 Å². The zero-order valence-corrected chi connectivity index (χ0v) is 5.84. The molecule has 0 unspecified atom stereocenters. The second kappa shape index (κ2) is 4.83. The minimum atomic E-state index is -2.17. The Kier molecular flexibility index (Phi) is 8.95. The van der Waals surface area contributed by atoms with Crippen molar-refractivity contribution in [2.24, 2.45) is 0 Å². The van der Waals surface area contributed by atoms with E-state index in [4.69, 9.17) is 15.1 Å². The fourth-order valence-electron chi connectivity index (χ4n) is 0. The van der Waals surface area contributed by atoms with Gasteiger partial charge in [-0.2, -0.15) is 0 Å². The molecule has 0 aliphatic carbocycles. The summed E-state index contributed by atoms with van der Waals surface area (Å²) in [6.45, 7) is 0. The molecule has 0 fully saturated rings. The molecule has 29 valence electrons. The molecule has 0 aromatic rings. The van der Waals surface area contributed by atoms with Crippen LogP contribution < -0.4 is 0 Å². The first-order chi connectivity index (χ1) is 1.73. The molecular formula is H3BBiO3. The van der Waals surface area contributed by atoms with E-state index in [1.54, 1.807) is 0 Å². The van der Waals surface area contributed by atoms with Crippen molar-refractivity contribution in [2.45, 2.75) is 0 Å². The van der Waals surface area contributed by atoms with E-state index in [1.807, 2.05) is 0 Å². The SMILES string of the molecule is OB(O)O.[Bi]. The van der Waals surface area contributed by atoms with Crippen molar-refractivity contribution in [3.8, 4) is 0 Å². The van der Waals surface area contributed by atoms with Crippen LogP contribution in [-0.2, 0) is 0 Å². The number of rotatable bonds is 0. The number of hydrogen-bond donors (Lipinski definition) is 3. The second-order valence-electron chi connectivity index (χ2n) is 0.346. The fourth-order valence-corrected chi connectivity index (χ4v) is 0. The molecule has 0 bridgehead atoms. The topological polar surface area (TPSA) is 60.7 Å². The molecule has 0 saturated carbocycles. The molecule has 0 amide bonds. The quantitative estimate of drug-likeness (QED) is 0.429. The van der Waals surface area contributed by atoms with Gasteiger partial charge in [0, 0.05) is 26.2 Å². The normalized spacial score (nSPS) is 5.40. The zero-order valence-electron chi connectivity index (χ0n) is 2.37. The Morgan fingerprint density at radius 2 is 1.00 bits per heavy atom. The zero-order chi connectivity index (χ0) is 3.58. The molecule has 0 rings (SSSR count). The Morgan fingerprint density at radius 3 is 1.00 bits per heavy atom. The standard InChI is InChI=1S/BH3O3.Bi/c2-1(3)4;/h2-4H;. The summed E-state index contributed by atoms with van der Waals surface area (Å²) in [7, 11) is -2.17. The summed E-state index contributed by atoms with van der Waals surface area (Å²) < 4.78 is 0. The van der Waals surface area contributed by atoms with Gasteiger partial charge in [-0.25, -0.2) is 0 Å². The third-order valence-corrected chi connectivity index (χ3v) is 0. The Balaban J connectivity index is 0. The molecule has 0 aliphatic rings. The molecule has 0 atom stereocenters. The Morgan fingerprint density at radius 1 is 1.00 bits per heavy atom. The molecule has 0 saturated heterocycles. The van der Waals surface area contributed by atoms with E-state index in [-0.39, 0.29) is 26.2 Å². The Bertz CT molecular complexity index is 11.6. The summed E-state index contributed by atoms with van der Waals surface area (Å²) in [5.74, 6) is 0. The average Bonchev–Trinajstić information content (AvgIpc) is 0.811. The van der Waals surface area contributed by atoms with Crippen molar-refractivity contribution in [1.29, 1.82) is 0 Å². The Labute approximate surface area is 48.9 Å². The van der Waals surface area contributed by atoms with Gasteiger partial charge in [-0.05, 0) is 0 Å². The summed E-state index contributed by atoms with van der Waals surface area (Å²) in [5.41, 5.74) is 0. The van der Waals surface area contributed by atoms with Gasteiger partial charge in [0.15, 0.2) is 0 Å². The van der Waals surface area contributed by atoms with Crippen molar-refractivity contribution >= 4 is 33.5 Å². The van der Waals surface area contributed by atoms with Gasteiger partial charge >= 0.3 is 7.32 Å². The molecule has 0 spiro atoms. The molecule has 0 aromatic carbocycles. The summed E-state index contributed by atoms with van der Waals surface area (Å²) in [4.78, 5) is 0. The minimum Gasteiger partial charge on any atom is -0.402 e. The van der Waals surface area contributed by atoms with Gasteiger partial charge in [0.2, 0.25) is 0 Å². The van der Waals surface area contributed by atoms with Gasteiger partial charge in [-0.3, -0.25) is 0 Å². The fraction of sp³-hybridized carbons (Fsp3) is 0. The molecule has 0 aromatic heterocycles. The van der Waals surface area contributed by atoms with Crippen LogP contribution >= 0.6 is 0 Å². The maximum Gasteiger partial charge on any atom is 0.631 e. The van der Waals surface area contributed by atoms with Crippen LogP contribution in [0.4, 0.5) is 0 Å². The van der Waals surface area contributed by atoms with E-state index in [0.717, 1.165) is 0 Å². The minimum absolute atomic E-state index is 0. The maximum atomic E-state index is 7.17. The van der Waals surface area contributed by atoms with E-state index in [9.17, 15) is 0 Å². The average molecular weight is 271 g/mol. The summed E-state index contributed by atoms with van der Waals surface area (Å²) in [6.07, 6.45) is 0. The molecule has 5 heavy (non-hydrogen) atoms. The predicted molar refractivity (Wildman–Crippen MR) is 18.2 cm³/mol. The van der Waals surface area contributed by atoms with Crippen molar-refractivity contribution in [3.63, 3.8) is 0 Å². The molecule has 0 heterocycles. The van der Waals surface area contributed by atoms with Crippen LogP contribution in [-0.4, -0.2) is 48.6 Å². The molecule has 3 radical (unpaired) electrons. The van der Waals surface area contributed by atoms with Crippen LogP contribution in [0, 0.1) is 0 Å². The first-order valence-corrected chi connectivity index (χ1v) is 0.775. The molecule has 0 aliphatic heterocycles. The molecular weight excluding hydrogens is 268 g/mol. The predicted octanol–water partition coefficient (Wildman–Crippen LogP) is -2.43. The largest absolute Gasteiger partial charge is 0.631 e. The van der Waals surface area contributed by atoms with Gasteiger partial charge in [-0.15, -0.1) is 0 Å². The molecule has 3 nitrogen and oxygen atoms in total. The van der Waals surface area contributed by atoms with Gasteiger partial charge in [0.1, 0.15) is 0 Å². The van der Waals surface area contributed by atoms with E-state index in [0.29, 0.717) is 0 Å². The van der Waals surface area contributed by atoms with E-state index in [2.05, 4.69) is 0 Å². The van der Waals surface area contributed by atoms with Crippen LogP contribution in [0.1, 0.15) is 0 Å². The van der Waals surface area contributed by atoms with E-state index in [1.165, 1.54) is 0 Å². The molecule has 3 N–H and O–H groups in total. The van der Waals surface area contributed by atoms with Crippen LogP contribution in [0.5, 0.6) is 0 Å². The van der Waals surface area contributed by atoms with E-state index < -0.39 is 7.32 Å². The van der Waals surface area contributed by atoms with Gasteiger partial charge in [-0.1, -0.05) is 0 Å². The number of hydrogen-bond acceptors (Lipinski definition) is 3. The maximum absolute atomic E-state index is 7.17. The van der Waals surface area contributed by atoms with Gasteiger partial charge in [0.25, 0.3) is 0 Å². The monoisotopic (exact) mass is 271 g/mol. The third-order valence-electron chi connectivity index (χ3n) is 0.